The predicted octanol–water partition coefficient (Wildman–Crippen LogP) is 8.18. The minimum atomic E-state index is -0.0646. The van der Waals surface area contributed by atoms with Crippen LogP contribution in [-0.4, -0.2) is 0 Å². The van der Waals surface area contributed by atoms with Gasteiger partial charge in [-0.15, -0.1) is 27.3 Å². The molecular weight excluding hydrogens is 560 g/mol. The summed E-state index contributed by atoms with van der Waals surface area (Å²) < 4.78 is 0. The minimum absolute atomic E-state index is 0. The van der Waals surface area contributed by atoms with E-state index in [9.17, 15) is 0 Å². The van der Waals surface area contributed by atoms with Crippen molar-refractivity contribution in [2.45, 2.75) is 58.8 Å². The van der Waals surface area contributed by atoms with Crippen LogP contribution in [0.2, 0.25) is 0 Å². The second kappa shape index (κ2) is 10.8. The Labute approximate surface area is 258 Å². The molecule has 4 aromatic rings. The van der Waals surface area contributed by atoms with Crippen LogP contribution in [0.4, 0.5) is 0 Å². The number of allylic oxidation sites excluding steroid dienone is 4. The molecule has 0 fully saturated rings. The topological polar surface area (TPSA) is 0 Å². The smallest absolute Gasteiger partial charge is 0 e. The molecule has 0 aromatic heterocycles. The van der Waals surface area contributed by atoms with Crippen LogP contribution in [0, 0.1) is 10.4 Å². The summed E-state index contributed by atoms with van der Waals surface area (Å²) in [6, 6.07) is 31.1. The summed E-state index contributed by atoms with van der Waals surface area (Å²) in [5, 5.41) is 5.22. The maximum Gasteiger partial charge on any atom is 0 e. The van der Waals surface area contributed by atoms with Gasteiger partial charge in [0.2, 0.25) is 0 Å². The Hall–Kier alpha value is -3.02. The van der Waals surface area contributed by atoms with Gasteiger partial charge in [0.15, 0.2) is 0 Å². The number of fused-ring (bicyclic) bond motifs is 2. The van der Waals surface area contributed by atoms with Crippen molar-refractivity contribution in [2.75, 3.05) is 0 Å². The molecule has 2 aliphatic carbocycles. The van der Waals surface area contributed by atoms with Crippen molar-refractivity contribution in [1.82, 2.24) is 0 Å². The summed E-state index contributed by atoms with van der Waals surface area (Å²) in [6.45, 7) is 14.0. The summed E-state index contributed by atoms with van der Waals surface area (Å²) >= 11 is 0. The molecule has 0 saturated heterocycles. The molecule has 0 atom stereocenters. The van der Waals surface area contributed by atoms with Gasteiger partial charge in [0.25, 0.3) is 0 Å². The van der Waals surface area contributed by atoms with E-state index in [2.05, 4.69) is 151 Å². The molecule has 0 heterocycles. The Balaban J connectivity index is 0.00000323. The number of hydrogen-bond donors (Lipinski definition) is 0. The van der Waals surface area contributed by atoms with Gasteiger partial charge < -0.3 is 0 Å². The zero-order valence-corrected chi connectivity index (χ0v) is 27.0. The molecule has 2 aliphatic rings. The molecule has 0 nitrogen and oxygen atoms in total. The summed E-state index contributed by atoms with van der Waals surface area (Å²) in [6.07, 6.45) is 11.7. The summed E-state index contributed by atoms with van der Waals surface area (Å²) in [4.78, 5) is 0. The number of rotatable bonds is 3. The van der Waals surface area contributed by atoms with Crippen molar-refractivity contribution in [2.24, 2.45) is 0 Å². The molecule has 0 saturated carbocycles. The van der Waals surface area contributed by atoms with E-state index in [1.807, 2.05) is 0 Å². The molecular formula is C39H37Zr-. The van der Waals surface area contributed by atoms with Gasteiger partial charge in [0.05, 0.1) is 0 Å². The van der Waals surface area contributed by atoms with E-state index in [4.69, 9.17) is 0 Å². The molecule has 0 N–H and O–H groups in total. The molecule has 6 rings (SSSR count). The fourth-order valence-corrected chi connectivity index (χ4v) is 6.16. The Morgan fingerprint density at radius 2 is 1.27 bits per heavy atom. The second-order valence-electron chi connectivity index (χ2n) is 12.9. The van der Waals surface area contributed by atoms with Gasteiger partial charge in [-0.25, -0.2) is 0 Å². The Kier molecular flexibility index (Phi) is 7.67. The van der Waals surface area contributed by atoms with E-state index in [-0.39, 0.29) is 37.0 Å². The normalized spacial score (nSPS) is 13.7. The van der Waals surface area contributed by atoms with Crippen LogP contribution in [0.25, 0.3) is 17.2 Å². The first kappa shape index (κ1) is 28.5. The van der Waals surface area contributed by atoms with Crippen molar-refractivity contribution >= 4 is 17.2 Å². The van der Waals surface area contributed by atoms with Gasteiger partial charge in [-0.1, -0.05) is 161 Å². The van der Waals surface area contributed by atoms with E-state index in [1.165, 1.54) is 65.4 Å². The van der Waals surface area contributed by atoms with E-state index < -0.39 is 0 Å². The van der Waals surface area contributed by atoms with Crippen molar-refractivity contribution in [1.29, 1.82) is 0 Å². The van der Waals surface area contributed by atoms with E-state index in [1.54, 1.807) is 0 Å². The van der Waals surface area contributed by atoms with Crippen molar-refractivity contribution in [3.63, 3.8) is 0 Å². The fraction of sp³-hybridized carbons (Fsp3) is 0.231. The SMILES string of the molecule is CC(C)(C)c1cc2c(c(C3=CC=CC3)c1=C(c1ccccc1)c1ccccc1)[C-]=c1c(C(C)(C)C)cccc1=2.[Zr]. The third-order valence-corrected chi connectivity index (χ3v) is 8.02. The Morgan fingerprint density at radius 3 is 1.80 bits per heavy atom. The van der Waals surface area contributed by atoms with E-state index in [0.29, 0.717) is 0 Å². The van der Waals surface area contributed by atoms with E-state index >= 15 is 0 Å². The average Bonchev–Trinajstić information content (AvgIpc) is 3.56. The van der Waals surface area contributed by atoms with E-state index in [0.717, 1.165) is 6.42 Å². The average molecular weight is 597 g/mol. The molecule has 0 spiro atoms. The quantitative estimate of drug-likeness (QED) is 0.184. The summed E-state index contributed by atoms with van der Waals surface area (Å²) in [5.74, 6) is 0. The molecule has 0 bridgehead atoms. The third-order valence-electron chi connectivity index (χ3n) is 8.02. The molecule has 40 heavy (non-hydrogen) atoms. The molecule has 0 radical (unpaired) electrons. The first-order valence-corrected chi connectivity index (χ1v) is 14.1. The third kappa shape index (κ3) is 4.99. The molecule has 0 unspecified atom stereocenters. The predicted molar refractivity (Wildman–Crippen MR) is 166 cm³/mol. The molecule has 0 aliphatic heterocycles. The zero-order chi connectivity index (χ0) is 27.4. The largest absolute Gasteiger partial charge is 0.119 e. The van der Waals surface area contributed by atoms with Gasteiger partial charge in [-0.05, 0) is 44.7 Å². The first-order chi connectivity index (χ1) is 18.6. The number of hydrogen-bond acceptors (Lipinski definition) is 0. The monoisotopic (exact) mass is 595 g/mol. The van der Waals surface area contributed by atoms with Crippen LogP contribution >= 0.6 is 0 Å². The molecule has 4 aromatic carbocycles. The fourth-order valence-electron chi connectivity index (χ4n) is 6.16. The molecule has 198 valence electrons. The van der Waals surface area contributed by atoms with Gasteiger partial charge in [0, 0.05) is 26.2 Å². The second-order valence-corrected chi connectivity index (χ2v) is 12.9. The maximum atomic E-state index is 3.99. The summed E-state index contributed by atoms with van der Waals surface area (Å²) in [7, 11) is 0. The van der Waals surface area contributed by atoms with Crippen LogP contribution in [0.3, 0.4) is 0 Å². The van der Waals surface area contributed by atoms with Crippen LogP contribution in [0.15, 0.2) is 103 Å². The van der Waals surface area contributed by atoms with Crippen molar-refractivity contribution in [3.05, 3.63) is 157 Å². The molecule has 1 heteroatoms. The van der Waals surface area contributed by atoms with Gasteiger partial charge in [-0.2, -0.15) is 0 Å². The Morgan fingerprint density at radius 1 is 0.675 bits per heavy atom. The van der Waals surface area contributed by atoms with Crippen molar-refractivity contribution < 1.29 is 26.2 Å². The minimum Gasteiger partial charge on any atom is -0.119 e. The van der Waals surface area contributed by atoms with Gasteiger partial charge in [-0.3, -0.25) is 0 Å². The summed E-state index contributed by atoms with van der Waals surface area (Å²) in [5.41, 5.74) is 10.4. The first-order valence-electron chi connectivity index (χ1n) is 14.1. The van der Waals surface area contributed by atoms with Crippen LogP contribution in [-0.2, 0) is 37.0 Å². The van der Waals surface area contributed by atoms with Crippen molar-refractivity contribution in [3.8, 4) is 0 Å². The van der Waals surface area contributed by atoms with Crippen LogP contribution < -0.4 is 10.4 Å². The van der Waals surface area contributed by atoms with Gasteiger partial charge in [0.1, 0.15) is 0 Å². The number of benzene rings is 4. The Bertz CT molecular complexity index is 1820. The zero-order valence-electron chi connectivity index (χ0n) is 24.5. The van der Waals surface area contributed by atoms with Crippen LogP contribution in [0.5, 0.6) is 0 Å². The molecule has 0 amide bonds. The van der Waals surface area contributed by atoms with Gasteiger partial charge >= 0.3 is 0 Å². The standard InChI is InChI=1S/C39H37.Zr/c1-38(2,3)33-23-15-22-29-30-25-34(39(4,5)6)37(36(28-20-13-14-21-28)32(30)24-31(29)33)35(26-16-9-7-10-17-26)27-18-11-8-12-19-27;/h7-20,22-23,25H,21H2,1-6H3;/q-1;. The maximum absolute atomic E-state index is 3.99. The van der Waals surface area contributed by atoms with Crippen LogP contribution in [0.1, 0.15) is 81.3 Å².